The summed E-state index contributed by atoms with van der Waals surface area (Å²) in [6.07, 6.45) is -3.92. The van der Waals surface area contributed by atoms with Crippen LogP contribution in [0.2, 0.25) is 0 Å². The SMILES string of the molecule is O=C[C@H](N[SiH3])[C@@H](O)[C@H](O)[C@H](O)CO. The van der Waals surface area contributed by atoms with Crippen LogP contribution in [0.3, 0.4) is 0 Å². The number of carbonyl (C=O) groups is 1. The van der Waals surface area contributed by atoms with Gasteiger partial charge in [0.25, 0.3) is 0 Å². The van der Waals surface area contributed by atoms with E-state index in [2.05, 4.69) is 4.98 Å². The number of nitrogens with one attached hydrogen (secondary N) is 1. The Morgan fingerprint density at radius 3 is 2.15 bits per heavy atom. The highest BCUT2D eigenvalue weighted by Gasteiger charge is 2.29. The molecule has 5 N–H and O–H groups in total. The lowest BCUT2D eigenvalue weighted by atomic mass is 10.0. The summed E-state index contributed by atoms with van der Waals surface area (Å²) in [5, 5.41) is 35.9. The van der Waals surface area contributed by atoms with Crippen molar-refractivity contribution in [1.29, 1.82) is 0 Å². The van der Waals surface area contributed by atoms with Crippen LogP contribution < -0.4 is 4.98 Å². The molecule has 0 amide bonds. The lowest BCUT2D eigenvalue weighted by Crippen LogP contribution is -2.51. The average molecular weight is 209 g/mol. The van der Waals surface area contributed by atoms with Crippen LogP contribution in [-0.2, 0) is 4.79 Å². The summed E-state index contributed by atoms with van der Waals surface area (Å²) in [4.78, 5) is 12.9. The van der Waals surface area contributed by atoms with Crippen LogP contribution in [0.4, 0.5) is 0 Å². The normalized spacial score (nSPS) is 20.6. The number of hydrogen-bond donors (Lipinski definition) is 5. The number of carbonyl (C=O) groups excluding carboxylic acids is 1. The van der Waals surface area contributed by atoms with Crippen LogP contribution in [0.25, 0.3) is 0 Å². The van der Waals surface area contributed by atoms with E-state index < -0.39 is 31.0 Å². The smallest absolute Gasteiger partial charge is 0.139 e. The van der Waals surface area contributed by atoms with Gasteiger partial charge >= 0.3 is 0 Å². The van der Waals surface area contributed by atoms with Crippen molar-refractivity contribution in [2.45, 2.75) is 24.4 Å². The van der Waals surface area contributed by atoms with E-state index in [1.54, 1.807) is 0 Å². The first-order valence-corrected chi connectivity index (χ1v) is 4.86. The molecule has 0 aliphatic heterocycles. The van der Waals surface area contributed by atoms with Crippen molar-refractivity contribution >= 4 is 16.7 Å². The maximum absolute atomic E-state index is 10.3. The van der Waals surface area contributed by atoms with Gasteiger partial charge < -0.3 is 30.2 Å². The van der Waals surface area contributed by atoms with Crippen molar-refractivity contribution in [2.24, 2.45) is 0 Å². The lowest BCUT2D eigenvalue weighted by Gasteiger charge is -2.25. The van der Waals surface area contributed by atoms with Crippen molar-refractivity contribution < 1.29 is 25.2 Å². The molecule has 4 atom stereocenters. The van der Waals surface area contributed by atoms with Crippen LogP contribution in [0.15, 0.2) is 0 Å². The molecule has 0 aromatic heterocycles. The van der Waals surface area contributed by atoms with Gasteiger partial charge in [0.15, 0.2) is 0 Å². The second-order valence-corrected chi connectivity index (χ2v) is 3.26. The van der Waals surface area contributed by atoms with Gasteiger partial charge in [-0.2, -0.15) is 0 Å². The summed E-state index contributed by atoms with van der Waals surface area (Å²) >= 11 is 0. The monoisotopic (exact) mass is 209 g/mol. The van der Waals surface area contributed by atoms with Crippen molar-refractivity contribution in [1.82, 2.24) is 4.98 Å². The maximum Gasteiger partial charge on any atom is 0.139 e. The van der Waals surface area contributed by atoms with E-state index in [1.165, 1.54) is 0 Å². The molecule has 0 aromatic rings. The predicted octanol–water partition coefficient (Wildman–Crippen LogP) is -4.50. The molecule has 0 aromatic carbocycles. The quantitative estimate of drug-likeness (QED) is 0.223. The largest absolute Gasteiger partial charge is 0.394 e. The first-order chi connectivity index (χ1) is 6.08. The first kappa shape index (κ1) is 12.7. The van der Waals surface area contributed by atoms with Gasteiger partial charge in [-0.3, -0.25) is 0 Å². The minimum atomic E-state index is -1.53. The zero-order valence-electron chi connectivity index (χ0n) is 7.29. The molecule has 13 heavy (non-hydrogen) atoms. The Hall–Kier alpha value is -0.313. The molecule has 7 heteroatoms. The van der Waals surface area contributed by atoms with Gasteiger partial charge in [-0.25, -0.2) is 0 Å². The molecular formula is C6H15NO5Si. The molecule has 0 bridgehead atoms. The Kier molecular flexibility index (Phi) is 6.04. The summed E-state index contributed by atoms with van der Waals surface area (Å²) in [5.41, 5.74) is 0. The van der Waals surface area contributed by atoms with Crippen molar-refractivity contribution in [2.75, 3.05) is 6.61 Å². The average Bonchev–Trinajstić information content (AvgIpc) is 2.17. The Morgan fingerprint density at radius 2 is 1.85 bits per heavy atom. The molecule has 0 saturated carbocycles. The molecule has 0 unspecified atom stereocenters. The summed E-state index contributed by atoms with van der Waals surface area (Å²) in [6.45, 7) is -0.662. The van der Waals surface area contributed by atoms with Crippen molar-refractivity contribution in [3.63, 3.8) is 0 Å². The molecule has 0 radical (unpaired) electrons. The molecular weight excluding hydrogens is 194 g/mol. The van der Waals surface area contributed by atoms with Crippen LogP contribution in [0.1, 0.15) is 0 Å². The number of aliphatic hydroxyl groups is 4. The van der Waals surface area contributed by atoms with E-state index in [4.69, 9.17) is 10.2 Å². The third kappa shape index (κ3) is 3.51. The Bertz CT molecular complexity index is 158. The minimum Gasteiger partial charge on any atom is -0.394 e. The van der Waals surface area contributed by atoms with Gasteiger partial charge in [-0.05, 0) is 0 Å². The summed E-state index contributed by atoms with van der Waals surface area (Å²) in [7, 11) is 0.476. The van der Waals surface area contributed by atoms with Crippen LogP contribution in [0.5, 0.6) is 0 Å². The van der Waals surface area contributed by atoms with E-state index in [1.807, 2.05) is 0 Å². The highest BCUT2D eigenvalue weighted by atomic mass is 28.2. The topological polar surface area (TPSA) is 110 Å². The van der Waals surface area contributed by atoms with Gasteiger partial charge in [0, 0.05) is 0 Å². The fraction of sp³-hybridized carbons (Fsp3) is 0.833. The fourth-order valence-electron chi connectivity index (χ4n) is 0.867. The molecule has 0 saturated heterocycles. The lowest BCUT2D eigenvalue weighted by molar-refractivity contribution is -0.119. The number of hydrogen-bond acceptors (Lipinski definition) is 6. The van der Waals surface area contributed by atoms with E-state index in [-0.39, 0.29) is 0 Å². The molecule has 78 valence electrons. The molecule has 0 aliphatic carbocycles. The summed E-state index contributed by atoms with van der Waals surface area (Å²) in [5.74, 6) is 0. The Morgan fingerprint density at radius 1 is 1.31 bits per heavy atom. The van der Waals surface area contributed by atoms with Gasteiger partial charge in [0.1, 0.15) is 24.6 Å². The molecule has 6 nitrogen and oxygen atoms in total. The molecule has 0 rings (SSSR count). The molecule has 0 aliphatic rings. The van der Waals surface area contributed by atoms with Crippen LogP contribution >= 0.6 is 0 Å². The third-order valence-corrected chi connectivity index (χ3v) is 2.45. The van der Waals surface area contributed by atoms with E-state index >= 15 is 0 Å². The third-order valence-electron chi connectivity index (χ3n) is 1.78. The van der Waals surface area contributed by atoms with Gasteiger partial charge in [-0.15, -0.1) is 0 Å². The second kappa shape index (κ2) is 6.19. The molecule has 0 heterocycles. The van der Waals surface area contributed by atoms with Gasteiger partial charge in [0.2, 0.25) is 0 Å². The van der Waals surface area contributed by atoms with Gasteiger partial charge in [-0.1, -0.05) is 0 Å². The Balaban J connectivity index is 4.21. The minimum absolute atomic E-state index is 0.449. The maximum atomic E-state index is 10.3. The number of aliphatic hydroxyl groups excluding tert-OH is 4. The standard InChI is InChI=1S/C6H15NO5Si/c8-1-3(7-13)5(11)6(12)4(10)2-9/h1,3-7,9-12H,2H2,13H3/t3-,4+,5+,6+/m0/s1. The van der Waals surface area contributed by atoms with Crippen molar-refractivity contribution in [3.8, 4) is 0 Å². The second-order valence-electron chi connectivity index (χ2n) is 2.68. The summed E-state index contributed by atoms with van der Waals surface area (Å²) < 4.78 is 0. The van der Waals surface area contributed by atoms with E-state index in [0.29, 0.717) is 16.7 Å². The first-order valence-electron chi connectivity index (χ1n) is 3.86. The van der Waals surface area contributed by atoms with Gasteiger partial charge in [0.05, 0.1) is 23.1 Å². The molecule has 0 fully saturated rings. The fourth-order valence-corrected chi connectivity index (χ4v) is 1.34. The van der Waals surface area contributed by atoms with E-state index in [9.17, 15) is 15.0 Å². The zero-order chi connectivity index (χ0) is 10.4. The van der Waals surface area contributed by atoms with Crippen molar-refractivity contribution in [3.05, 3.63) is 0 Å². The predicted molar refractivity (Wildman–Crippen MR) is 48.0 cm³/mol. The van der Waals surface area contributed by atoms with Crippen LogP contribution in [-0.4, -0.2) is 68.1 Å². The van der Waals surface area contributed by atoms with Crippen LogP contribution in [0, 0.1) is 0 Å². The highest BCUT2D eigenvalue weighted by molar-refractivity contribution is 6.05. The number of aldehydes is 1. The zero-order valence-corrected chi connectivity index (χ0v) is 9.29. The number of rotatable bonds is 6. The van der Waals surface area contributed by atoms with E-state index in [0.717, 1.165) is 0 Å². The summed E-state index contributed by atoms with van der Waals surface area (Å²) in [6, 6.07) is -0.900. The highest BCUT2D eigenvalue weighted by Crippen LogP contribution is 2.02. The molecule has 0 spiro atoms. The Labute approximate surface area is 78.7 Å².